The molecular formula is C10H5F3N4S. The Morgan fingerprint density at radius 2 is 1.94 bits per heavy atom. The molecule has 0 atom stereocenters. The van der Waals surface area contributed by atoms with Crippen LogP contribution in [0, 0.1) is 11.5 Å². The zero-order valence-electron chi connectivity index (χ0n) is 8.69. The number of hydrogen-bond donors (Lipinski definition) is 1. The van der Waals surface area contributed by atoms with Crippen molar-refractivity contribution >= 4 is 16.5 Å². The molecule has 2 aromatic rings. The Bertz CT molecular complexity index is 600. The summed E-state index contributed by atoms with van der Waals surface area (Å²) in [5.74, 6) is 0. The number of anilines is 1. The van der Waals surface area contributed by atoms with E-state index in [1.807, 2.05) is 0 Å². The molecule has 0 amide bonds. The van der Waals surface area contributed by atoms with Crippen molar-refractivity contribution in [2.45, 2.75) is 6.18 Å². The predicted octanol–water partition coefficient (Wildman–Crippen LogP) is 3.12. The van der Waals surface area contributed by atoms with Crippen LogP contribution >= 0.6 is 11.3 Å². The number of alkyl halides is 3. The SMILES string of the molecule is N#CNc1nnc(-c2ccccc2C(F)(F)F)s1. The van der Waals surface area contributed by atoms with Gasteiger partial charge in [0, 0.05) is 5.56 Å². The van der Waals surface area contributed by atoms with Crippen LogP contribution in [0.1, 0.15) is 5.56 Å². The third-order valence-electron chi connectivity index (χ3n) is 2.05. The fourth-order valence-corrected chi connectivity index (χ4v) is 2.08. The summed E-state index contributed by atoms with van der Waals surface area (Å²) in [4.78, 5) is 0. The summed E-state index contributed by atoms with van der Waals surface area (Å²) in [7, 11) is 0. The number of nitrogens with one attached hydrogen (secondary N) is 1. The molecule has 0 radical (unpaired) electrons. The van der Waals surface area contributed by atoms with Gasteiger partial charge >= 0.3 is 6.18 Å². The Hall–Kier alpha value is -2.14. The van der Waals surface area contributed by atoms with E-state index in [-0.39, 0.29) is 15.7 Å². The van der Waals surface area contributed by atoms with E-state index in [9.17, 15) is 13.2 Å². The molecule has 1 N–H and O–H groups in total. The third-order valence-corrected chi connectivity index (χ3v) is 2.92. The van der Waals surface area contributed by atoms with Crippen molar-refractivity contribution in [3.63, 3.8) is 0 Å². The summed E-state index contributed by atoms with van der Waals surface area (Å²) in [6.07, 6.45) is -2.82. The Kier molecular flexibility index (Phi) is 3.16. The van der Waals surface area contributed by atoms with E-state index in [4.69, 9.17) is 5.26 Å². The average molecular weight is 270 g/mol. The molecule has 1 heterocycles. The highest BCUT2D eigenvalue weighted by molar-refractivity contribution is 7.18. The molecule has 1 aromatic carbocycles. The Balaban J connectivity index is 2.47. The van der Waals surface area contributed by atoms with E-state index in [1.54, 1.807) is 6.19 Å². The number of rotatable bonds is 2. The van der Waals surface area contributed by atoms with Crippen LogP contribution in [0.5, 0.6) is 0 Å². The molecule has 0 unspecified atom stereocenters. The summed E-state index contributed by atoms with van der Waals surface area (Å²) in [6, 6.07) is 5.10. The van der Waals surface area contributed by atoms with Gasteiger partial charge in [0.2, 0.25) is 5.13 Å². The van der Waals surface area contributed by atoms with Gasteiger partial charge in [-0.2, -0.15) is 18.4 Å². The van der Waals surface area contributed by atoms with Crippen LogP contribution < -0.4 is 5.32 Å². The van der Waals surface area contributed by atoms with Gasteiger partial charge in [0.1, 0.15) is 5.01 Å². The van der Waals surface area contributed by atoms with E-state index in [2.05, 4.69) is 15.5 Å². The van der Waals surface area contributed by atoms with Gasteiger partial charge in [-0.25, -0.2) is 0 Å². The van der Waals surface area contributed by atoms with Crippen molar-refractivity contribution in [1.29, 1.82) is 5.26 Å². The van der Waals surface area contributed by atoms with Gasteiger partial charge in [-0.05, 0) is 6.07 Å². The molecular weight excluding hydrogens is 265 g/mol. The van der Waals surface area contributed by atoms with Crippen molar-refractivity contribution in [3.05, 3.63) is 29.8 Å². The van der Waals surface area contributed by atoms with Crippen LogP contribution in [-0.2, 0) is 6.18 Å². The van der Waals surface area contributed by atoms with Crippen LogP contribution in [0.4, 0.5) is 18.3 Å². The highest BCUT2D eigenvalue weighted by atomic mass is 32.1. The van der Waals surface area contributed by atoms with E-state index in [0.29, 0.717) is 0 Å². The molecule has 8 heteroatoms. The average Bonchev–Trinajstić information content (AvgIpc) is 2.77. The largest absolute Gasteiger partial charge is 0.417 e. The third kappa shape index (κ3) is 2.41. The molecule has 0 aliphatic rings. The summed E-state index contributed by atoms with van der Waals surface area (Å²) < 4.78 is 38.3. The van der Waals surface area contributed by atoms with Gasteiger partial charge < -0.3 is 0 Å². The number of hydrogen-bond acceptors (Lipinski definition) is 5. The quantitative estimate of drug-likeness (QED) is 0.672. The van der Waals surface area contributed by atoms with Crippen molar-refractivity contribution in [1.82, 2.24) is 10.2 Å². The van der Waals surface area contributed by atoms with Crippen LogP contribution in [0.15, 0.2) is 24.3 Å². The molecule has 0 aliphatic heterocycles. The molecule has 0 bridgehead atoms. The van der Waals surface area contributed by atoms with Crippen LogP contribution in [0.2, 0.25) is 0 Å². The highest BCUT2D eigenvalue weighted by Crippen LogP contribution is 2.38. The number of aromatic nitrogens is 2. The molecule has 0 fully saturated rings. The maximum absolute atomic E-state index is 12.8. The molecule has 0 saturated heterocycles. The van der Waals surface area contributed by atoms with Crippen molar-refractivity contribution in [3.8, 4) is 16.8 Å². The summed E-state index contributed by atoms with van der Waals surface area (Å²) in [5, 5.41) is 18.1. The van der Waals surface area contributed by atoms with Gasteiger partial charge in [-0.15, -0.1) is 10.2 Å². The first-order valence-corrected chi connectivity index (χ1v) is 5.49. The zero-order chi connectivity index (χ0) is 13.2. The van der Waals surface area contributed by atoms with Crippen molar-refractivity contribution in [2.24, 2.45) is 0 Å². The predicted molar refractivity (Wildman–Crippen MR) is 59.6 cm³/mol. The first-order chi connectivity index (χ1) is 8.52. The van der Waals surface area contributed by atoms with E-state index in [1.165, 1.54) is 18.2 Å². The van der Waals surface area contributed by atoms with Crippen LogP contribution in [-0.4, -0.2) is 10.2 Å². The standard InChI is InChI=1S/C10H5F3N4S/c11-10(12,13)7-4-2-1-3-6(7)8-16-17-9(18-8)15-5-14/h1-4H,(H,15,17). The van der Waals surface area contributed by atoms with E-state index in [0.717, 1.165) is 17.4 Å². The van der Waals surface area contributed by atoms with Crippen LogP contribution in [0.25, 0.3) is 10.6 Å². The monoisotopic (exact) mass is 270 g/mol. The Morgan fingerprint density at radius 1 is 1.22 bits per heavy atom. The number of benzene rings is 1. The lowest BCUT2D eigenvalue weighted by atomic mass is 10.1. The lowest BCUT2D eigenvalue weighted by Crippen LogP contribution is -2.06. The van der Waals surface area contributed by atoms with Gasteiger partial charge in [-0.1, -0.05) is 29.5 Å². The summed E-state index contributed by atoms with van der Waals surface area (Å²) in [6.45, 7) is 0. The Labute approximate surface area is 104 Å². The fraction of sp³-hybridized carbons (Fsp3) is 0.100. The second-order valence-corrected chi connectivity index (χ2v) is 4.17. The smallest absolute Gasteiger partial charge is 0.267 e. The second kappa shape index (κ2) is 4.62. The summed E-state index contributed by atoms with van der Waals surface area (Å²) >= 11 is 0.885. The molecule has 0 aliphatic carbocycles. The maximum Gasteiger partial charge on any atom is 0.417 e. The molecule has 2 rings (SSSR count). The number of nitrogens with zero attached hydrogens (tertiary/aromatic N) is 3. The van der Waals surface area contributed by atoms with Gasteiger partial charge in [0.05, 0.1) is 5.56 Å². The lowest BCUT2D eigenvalue weighted by Gasteiger charge is -2.09. The minimum absolute atomic E-state index is 0.0477. The number of halogens is 3. The summed E-state index contributed by atoms with van der Waals surface area (Å²) in [5.41, 5.74) is -0.821. The minimum atomic E-state index is -4.45. The fourth-order valence-electron chi connectivity index (χ4n) is 1.35. The van der Waals surface area contributed by atoms with Crippen molar-refractivity contribution < 1.29 is 13.2 Å². The zero-order valence-corrected chi connectivity index (χ0v) is 9.51. The van der Waals surface area contributed by atoms with Crippen LogP contribution in [0.3, 0.4) is 0 Å². The van der Waals surface area contributed by atoms with Gasteiger partial charge in [0.15, 0.2) is 6.19 Å². The maximum atomic E-state index is 12.8. The minimum Gasteiger partial charge on any atom is -0.267 e. The van der Waals surface area contributed by atoms with Gasteiger partial charge in [0.25, 0.3) is 0 Å². The van der Waals surface area contributed by atoms with Gasteiger partial charge in [-0.3, -0.25) is 5.32 Å². The van der Waals surface area contributed by atoms with E-state index < -0.39 is 11.7 Å². The first kappa shape index (κ1) is 12.3. The molecule has 18 heavy (non-hydrogen) atoms. The van der Waals surface area contributed by atoms with Crippen molar-refractivity contribution in [2.75, 3.05) is 5.32 Å². The topological polar surface area (TPSA) is 61.6 Å². The Morgan fingerprint density at radius 3 is 2.61 bits per heavy atom. The molecule has 0 saturated carbocycles. The number of nitriles is 1. The molecule has 0 spiro atoms. The lowest BCUT2D eigenvalue weighted by molar-refractivity contribution is -0.137. The van der Waals surface area contributed by atoms with E-state index >= 15 is 0 Å². The normalized spacial score (nSPS) is 11.0. The molecule has 4 nitrogen and oxygen atoms in total. The molecule has 92 valence electrons. The first-order valence-electron chi connectivity index (χ1n) is 4.67. The molecule has 1 aromatic heterocycles. The highest BCUT2D eigenvalue weighted by Gasteiger charge is 2.34. The second-order valence-electron chi connectivity index (χ2n) is 3.19.